The van der Waals surface area contributed by atoms with Gasteiger partial charge in [0.1, 0.15) is 6.61 Å². The number of nitrogens with one attached hydrogen (secondary N) is 1. The van der Waals surface area contributed by atoms with Crippen molar-refractivity contribution in [3.05, 3.63) is 47.5 Å². The highest BCUT2D eigenvalue weighted by Crippen LogP contribution is 2.32. The van der Waals surface area contributed by atoms with Gasteiger partial charge in [0.25, 0.3) is 5.91 Å². The number of rotatable bonds is 2. The van der Waals surface area contributed by atoms with Crippen LogP contribution in [0.25, 0.3) is 10.2 Å². The lowest BCUT2D eigenvalue weighted by Gasteiger charge is -2.25. The van der Waals surface area contributed by atoms with Crippen molar-refractivity contribution in [2.45, 2.75) is 20.0 Å². The van der Waals surface area contributed by atoms with Crippen LogP contribution < -0.4 is 14.8 Å². The van der Waals surface area contributed by atoms with E-state index in [1.165, 1.54) is 22.5 Å². The van der Waals surface area contributed by atoms with E-state index in [4.69, 9.17) is 9.47 Å². The summed E-state index contributed by atoms with van der Waals surface area (Å²) in [6.45, 7) is 4.31. The normalized spacial score (nSPS) is 16.2. The molecule has 2 heterocycles. The molecular formula is C18H16N2O3S. The van der Waals surface area contributed by atoms with Crippen molar-refractivity contribution in [1.29, 1.82) is 0 Å². The highest BCUT2D eigenvalue weighted by molar-refractivity contribution is 7.22. The van der Waals surface area contributed by atoms with Crippen LogP contribution in [-0.4, -0.2) is 23.6 Å². The Labute approximate surface area is 143 Å². The number of fused-ring (bicyclic) bond motifs is 2. The molecule has 122 valence electrons. The molecule has 2 aromatic carbocycles. The van der Waals surface area contributed by atoms with Crippen LogP contribution in [0.3, 0.4) is 0 Å². The molecule has 3 aromatic rings. The lowest BCUT2D eigenvalue weighted by Crippen LogP contribution is -2.40. The summed E-state index contributed by atoms with van der Waals surface area (Å²) in [5.74, 6) is 0.990. The molecule has 1 amide bonds. The molecule has 0 aliphatic carbocycles. The van der Waals surface area contributed by atoms with Gasteiger partial charge in [-0.1, -0.05) is 23.5 Å². The van der Waals surface area contributed by atoms with Gasteiger partial charge in [0.2, 0.25) is 6.10 Å². The second-order valence-corrected chi connectivity index (χ2v) is 6.81. The highest BCUT2D eigenvalue weighted by atomic mass is 32.1. The summed E-state index contributed by atoms with van der Waals surface area (Å²) >= 11 is 1.46. The molecule has 0 fully saturated rings. The third kappa shape index (κ3) is 2.69. The molecule has 4 rings (SSSR count). The molecule has 1 unspecified atom stereocenters. The van der Waals surface area contributed by atoms with Crippen LogP contribution in [-0.2, 0) is 4.79 Å². The van der Waals surface area contributed by atoms with E-state index >= 15 is 0 Å². The Morgan fingerprint density at radius 2 is 1.96 bits per heavy atom. The third-order valence-electron chi connectivity index (χ3n) is 4.04. The smallest absolute Gasteiger partial charge is 0.270 e. The Morgan fingerprint density at radius 3 is 2.79 bits per heavy atom. The highest BCUT2D eigenvalue weighted by Gasteiger charge is 2.27. The van der Waals surface area contributed by atoms with E-state index in [1.807, 2.05) is 24.3 Å². The maximum absolute atomic E-state index is 12.4. The summed E-state index contributed by atoms with van der Waals surface area (Å²) < 4.78 is 12.4. The predicted molar refractivity (Wildman–Crippen MR) is 94.1 cm³/mol. The first-order valence-corrected chi connectivity index (χ1v) is 8.49. The minimum absolute atomic E-state index is 0.186. The zero-order chi connectivity index (χ0) is 16.7. The average molecular weight is 340 g/mol. The fraction of sp³-hybridized carbons (Fsp3) is 0.222. The molecule has 5 nitrogen and oxygen atoms in total. The van der Waals surface area contributed by atoms with Gasteiger partial charge in [-0.3, -0.25) is 10.1 Å². The zero-order valence-electron chi connectivity index (χ0n) is 13.3. The average Bonchev–Trinajstić information content (AvgIpc) is 2.95. The number of benzene rings is 2. The minimum Gasteiger partial charge on any atom is -0.485 e. The molecule has 1 atom stereocenters. The van der Waals surface area contributed by atoms with Crippen LogP contribution in [0, 0.1) is 13.8 Å². The Bertz CT molecular complexity index is 896. The van der Waals surface area contributed by atoms with E-state index in [0.717, 1.165) is 10.2 Å². The van der Waals surface area contributed by atoms with E-state index in [2.05, 4.69) is 30.2 Å². The van der Waals surface area contributed by atoms with Crippen molar-refractivity contribution in [2.24, 2.45) is 0 Å². The maximum Gasteiger partial charge on any atom is 0.270 e. The third-order valence-corrected chi connectivity index (χ3v) is 4.97. The number of aryl methyl sites for hydroxylation is 2. The van der Waals surface area contributed by atoms with Crippen molar-refractivity contribution in [2.75, 3.05) is 11.9 Å². The Balaban J connectivity index is 1.52. The second kappa shape index (κ2) is 5.79. The standard InChI is InChI=1S/C18H16N2O3S/c1-10-7-12-16(8-11(10)2)24-18(19-12)20-17(21)15-9-22-13-5-3-4-6-14(13)23-15/h3-8,15H,9H2,1-2H3,(H,19,20,21). The molecular weight excluding hydrogens is 324 g/mol. The van der Waals surface area contributed by atoms with Crippen molar-refractivity contribution in [1.82, 2.24) is 4.98 Å². The number of para-hydroxylation sites is 2. The summed E-state index contributed by atoms with van der Waals surface area (Å²) in [7, 11) is 0. The van der Waals surface area contributed by atoms with Crippen LogP contribution in [0.15, 0.2) is 36.4 Å². The van der Waals surface area contributed by atoms with Crippen LogP contribution in [0.2, 0.25) is 0 Å². The predicted octanol–water partition coefficient (Wildman–Crippen LogP) is 3.69. The SMILES string of the molecule is Cc1cc2nc(NC(=O)C3COc4ccccc4O3)sc2cc1C. The van der Waals surface area contributed by atoms with E-state index in [9.17, 15) is 4.79 Å². The summed E-state index contributed by atoms with van der Waals surface area (Å²) in [6, 6.07) is 11.5. The van der Waals surface area contributed by atoms with E-state index in [0.29, 0.717) is 16.6 Å². The Morgan fingerprint density at radius 1 is 1.21 bits per heavy atom. The summed E-state index contributed by atoms with van der Waals surface area (Å²) in [4.78, 5) is 16.9. The van der Waals surface area contributed by atoms with Gasteiger partial charge in [-0.15, -0.1) is 0 Å². The first-order valence-electron chi connectivity index (χ1n) is 7.67. The van der Waals surface area contributed by atoms with Crippen LogP contribution in [0.1, 0.15) is 11.1 Å². The van der Waals surface area contributed by atoms with Crippen molar-refractivity contribution in [3.8, 4) is 11.5 Å². The molecule has 24 heavy (non-hydrogen) atoms. The number of anilines is 1. The fourth-order valence-electron chi connectivity index (χ4n) is 2.57. The maximum atomic E-state index is 12.4. The summed E-state index contributed by atoms with van der Waals surface area (Å²) in [5.41, 5.74) is 3.29. The minimum atomic E-state index is -0.685. The number of hydrogen-bond acceptors (Lipinski definition) is 5. The first-order chi connectivity index (χ1) is 11.6. The number of aromatic nitrogens is 1. The van der Waals surface area contributed by atoms with Gasteiger partial charge in [0, 0.05) is 0 Å². The molecule has 1 aliphatic rings. The van der Waals surface area contributed by atoms with Crippen molar-refractivity contribution in [3.63, 3.8) is 0 Å². The van der Waals surface area contributed by atoms with Gasteiger partial charge in [0.05, 0.1) is 10.2 Å². The topological polar surface area (TPSA) is 60.5 Å². The number of carbonyl (C=O) groups is 1. The monoisotopic (exact) mass is 340 g/mol. The molecule has 1 aromatic heterocycles. The molecule has 0 bridgehead atoms. The molecule has 0 saturated heterocycles. The number of thiazole rings is 1. The number of ether oxygens (including phenoxy) is 2. The van der Waals surface area contributed by atoms with Crippen molar-refractivity contribution >= 4 is 32.6 Å². The van der Waals surface area contributed by atoms with Gasteiger partial charge in [-0.2, -0.15) is 0 Å². The number of amides is 1. The largest absolute Gasteiger partial charge is 0.485 e. The number of nitrogens with zero attached hydrogens (tertiary/aromatic N) is 1. The summed E-state index contributed by atoms with van der Waals surface area (Å²) in [5, 5.41) is 3.41. The first kappa shape index (κ1) is 15.0. The lowest BCUT2D eigenvalue weighted by molar-refractivity contribution is -0.125. The zero-order valence-corrected chi connectivity index (χ0v) is 14.1. The quantitative estimate of drug-likeness (QED) is 0.773. The molecule has 0 radical (unpaired) electrons. The van der Waals surface area contributed by atoms with Gasteiger partial charge in [-0.25, -0.2) is 4.98 Å². The van der Waals surface area contributed by atoms with E-state index in [-0.39, 0.29) is 12.5 Å². The van der Waals surface area contributed by atoms with Crippen molar-refractivity contribution < 1.29 is 14.3 Å². The summed E-state index contributed by atoms with van der Waals surface area (Å²) in [6.07, 6.45) is -0.685. The van der Waals surface area contributed by atoms with Crippen LogP contribution in [0.5, 0.6) is 11.5 Å². The Hall–Kier alpha value is -2.60. The number of carbonyl (C=O) groups excluding carboxylic acids is 1. The Kier molecular flexibility index (Phi) is 3.61. The second-order valence-electron chi connectivity index (χ2n) is 5.78. The molecule has 0 spiro atoms. The fourth-order valence-corrected chi connectivity index (χ4v) is 3.52. The molecule has 6 heteroatoms. The van der Waals surface area contributed by atoms with Crippen LogP contribution >= 0.6 is 11.3 Å². The molecule has 0 saturated carbocycles. The van der Waals surface area contributed by atoms with Crippen LogP contribution in [0.4, 0.5) is 5.13 Å². The molecule has 1 aliphatic heterocycles. The van der Waals surface area contributed by atoms with E-state index in [1.54, 1.807) is 6.07 Å². The van der Waals surface area contributed by atoms with E-state index < -0.39 is 6.10 Å². The van der Waals surface area contributed by atoms with Gasteiger partial charge < -0.3 is 9.47 Å². The molecule has 1 N–H and O–H groups in total. The lowest BCUT2D eigenvalue weighted by atomic mass is 10.1. The van der Waals surface area contributed by atoms with Gasteiger partial charge in [0.15, 0.2) is 16.6 Å². The van der Waals surface area contributed by atoms with Gasteiger partial charge >= 0.3 is 0 Å². The number of hydrogen-bond donors (Lipinski definition) is 1. The van der Waals surface area contributed by atoms with Gasteiger partial charge in [-0.05, 0) is 49.2 Å².